The van der Waals surface area contributed by atoms with E-state index in [0.29, 0.717) is 0 Å². The Morgan fingerprint density at radius 3 is 1.67 bits per heavy atom. The molecule has 1 heterocycles. The van der Waals surface area contributed by atoms with Crippen molar-refractivity contribution in [3.63, 3.8) is 0 Å². The van der Waals surface area contributed by atoms with Gasteiger partial charge in [0, 0.05) is 11.5 Å². The molecule has 0 unspecified atom stereocenters. The van der Waals surface area contributed by atoms with E-state index in [2.05, 4.69) is 13.8 Å². The second-order valence-corrected chi connectivity index (χ2v) is 6.98. The molecule has 0 aromatic carbocycles. The fourth-order valence-electron chi connectivity index (χ4n) is 1.66. The van der Waals surface area contributed by atoms with E-state index in [1.807, 2.05) is 57.8 Å². The van der Waals surface area contributed by atoms with Crippen LogP contribution in [0.25, 0.3) is 0 Å². The molecule has 0 aromatic rings. The van der Waals surface area contributed by atoms with Crippen molar-refractivity contribution in [2.24, 2.45) is 0 Å². The molecule has 21 heavy (non-hydrogen) atoms. The van der Waals surface area contributed by atoms with Gasteiger partial charge >= 0.3 is 17.1 Å². The molecule has 4 heteroatoms. The standard InChI is InChI=1S/C12H11OS2.C5H5.Fe/c1-8-9(2)15-12(14-8)11(7-13)10-5-3-4-6-10;1-2-4-5-3-1;/h3-7H,1-2H3;1-5H;/q;;+2. The molecule has 2 aliphatic carbocycles. The van der Waals surface area contributed by atoms with Crippen molar-refractivity contribution in [1.29, 1.82) is 0 Å². The van der Waals surface area contributed by atoms with Gasteiger partial charge in [-0.05, 0) is 81.4 Å². The Morgan fingerprint density at radius 2 is 1.29 bits per heavy atom. The predicted molar refractivity (Wildman–Crippen MR) is 88.6 cm³/mol. The minimum absolute atomic E-state index is 0. The quantitative estimate of drug-likeness (QED) is 0.410. The summed E-state index contributed by atoms with van der Waals surface area (Å²) in [6, 6.07) is 0. The molecule has 0 N–H and O–H groups in total. The van der Waals surface area contributed by atoms with Crippen LogP contribution in [-0.4, -0.2) is 6.29 Å². The van der Waals surface area contributed by atoms with E-state index in [1.54, 1.807) is 23.5 Å². The molecule has 0 atom stereocenters. The molecule has 3 aliphatic rings. The van der Waals surface area contributed by atoms with Crippen LogP contribution in [0.5, 0.6) is 0 Å². The maximum Gasteiger partial charge on any atom is 2.00 e. The van der Waals surface area contributed by atoms with Crippen LogP contribution in [0.1, 0.15) is 13.8 Å². The predicted octanol–water partition coefficient (Wildman–Crippen LogP) is 4.55. The Kier molecular flexibility index (Phi) is 9.43. The second-order valence-electron chi connectivity index (χ2n) is 4.27. The summed E-state index contributed by atoms with van der Waals surface area (Å²) in [7, 11) is 0. The summed E-state index contributed by atoms with van der Waals surface area (Å²) in [5.41, 5.74) is 0.811. The van der Waals surface area contributed by atoms with Gasteiger partial charge in [-0.25, -0.2) is 0 Å². The molecule has 108 valence electrons. The van der Waals surface area contributed by atoms with Gasteiger partial charge < -0.3 is 0 Å². The van der Waals surface area contributed by atoms with Crippen LogP contribution in [0.4, 0.5) is 0 Å². The Bertz CT molecular complexity index is 381. The molecular weight excluding hydrogens is 340 g/mol. The fraction of sp³-hybridized carbons (Fsp3) is 0.118. The Balaban J connectivity index is 0.000000313. The third-order valence-electron chi connectivity index (χ3n) is 2.85. The number of thioether (sulfide) groups is 2. The van der Waals surface area contributed by atoms with E-state index >= 15 is 0 Å². The minimum atomic E-state index is 0. The molecule has 2 saturated carbocycles. The van der Waals surface area contributed by atoms with E-state index in [9.17, 15) is 4.79 Å². The van der Waals surface area contributed by atoms with E-state index < -0.39 is 0 Å². The van der Waals surface area contributed by atoms with Crippen LogP contribution in [-0.2, 0) is 21.9 Å². The van der Waals surface area contributed by atoms with Gasteiger partial charge in [0.15, 0.2) is 0 Å². The maximum atomic E-state index is 11.1. The summed E-state index contributed by atoms with van der Waals surface area (Å²) in [5.74, 6) is 1.02. The smallest absolute Gasteiger partial charge is 0.298 e. The third kappa shape index (κ3) is 5.82. The maximum absolute atomic E-state index is 11.1. The molecule has 10 radical (unpaired) electrons. The largest absolute Gasteiger partial charge is 2.00 e. The summed E-state index contributed by atoms with van der Waals surface area (Å²) >= 11 is 3.39. The average molecular weight is 356 g/mol. The number of rotatable bonds is 2. The fourth-order valence-corrected chi connectivity index (χ4v) is 4.22. The Hall–Kier alpha value is 0.369. The Labute approximate surface area is 148 Å². The van der Waals surface area contributed by atoms with E-state index in [-0.39, 0.29) is 17.1 Å². The number of hydrogen-bond acceptors (Lipinski definition) is 3. The monoisotopic (exact) mass is 356 g/mol. The van der Waals surface area contributed by atoms with E-state index in [1.165, 1.54) is 9.81 Å². The van der Waals surface area contributed by atoms with Crippen LogP contribution in [0.2, 0.25) is 0 Å². The van der Waals surface area contributed by atoms with Crippen LogP contribution in [0, 0.1) is 63.7 Å². The summed E-state index contributed by atoms with van der Waals surface area (Å²) in [4.78, 5) is 13.7. The van der Waals surface area contributed by atoms with Crippen molar-refractivity contribution < 1.29 is 21.9 Å². The first-order chi connectivity index (χ1) is 9.72. The van der Waals surface area contributed by atoms with Gasteiger partial charge in [-0.3, -0.25) is 4.79 Å². The van der Waals surface area contributed by atoms with Crippen LogP contribution in [0.3, 0.4) is 0 Å². The van der Waals surface area contributed by atoms with E-state index in [4.69, 9.17) is 0 Å². The molecule has 1 aliphatic heterocycles. The van der Waals surface area contributed by atoms with Crippen LogP contribution >= 0.6 is 23.5 Å². The summed E-state index contributed by atoms with van der Waals surface area (Å²) in [6.07, 6.45) is 18.8. The van der Waals surface area contributed by atoms with Gasteiger partial charge in [0.05, 0.1) is 4.24 Å². The number of carbonyl (C=O) groups excluding carboxylic acids is 1. The van der Waals surface area contributed by atoms with Crippen molar-refractivity contribution >= 4 is 29.8 Å². The first-order valence-electron chi connectivity index (χ1n) is 6.33. The van der Waals surface area contributed by atoms with Gasteiger partial charge in [0.1, 0.15) is 6.29 Å². The zero-order chi connectivity index (χ0) is 14.4. The van der Waals surface area contributed by atoms with Crippen molar-refractivity contribution in [3.8, 4) is 0 Å². The summed E-state index contributed by atoms with van der Waals surface area (Å²) in [5, 5.41) is 0. The zero-order valence-corrected chi connectivity index (χ0v) is 14.6. The van der Waals surface area contributed by atoms with Gasteiger partial charge in [0.25, 0.3) is 0 Å². The normalized spacial score (nSPS) is 21.9. The molecule has 2 fully saturated rings. The van der Waals surface area contributed by atoms with Crippen LogP contribution in [0.15, 0.2) is 19.6 Å². The second kappa shape index (κ2) is 10.2. The number of carbonyl (C=O) groups is 1. The van der Waals surface area contributed by atoms with Crippen molar-refractivity contribution in [2.45, 2.75) is 13.8 Å². The third-order valence-corrected chi connectivity index (χ3v) is 5.52. The first-order valence-corrected chi connectivity index (χ1v) is 7.97. The van der Waals surface area contributed by atoms with Gasteiger partial charge in [-0.1, -0.05) is 23.5 Å². The minimum Gasteiger partial charge on any atom is -0.298 e. The van der Waals surface area contributed by atoms with Crippen LogP contribution < -0.4 is 0 Å². The molecule has 3 rings (SSSR count). The zero-order valence-electron chi connectivity index (χ0n) is 11.9. The summed E-state index contributed by atoms with van der Waals surface area (Å²) in [6.45, 7) is 4.18. The average Bonchev–Trinajstić information content (AvgIpc) is 3.17. The van der Waals surface area contributed by atoms with Crippen molar-refractivity contribution in [2.75, 3.05) is 0 Å². The Morgan fingerprint density at radius 1 is 0.857 bits per heavy atom. The van der Waals surface area contributed by atoms with E-state index in [0.717, 1.165) is 22.0 Å². The summed E-state index contributed by atoms with van der Waals surface area (Å²) < 4.78 is 1.10. The molecular formula is C17H16FeOS2+2. The van der Waals surface area contributed by atoms with Gasteiger partial charge in [-0.15, -0.1) is 0 Å². The molecule has 0 saturated heterocycles. The first kappa shape index (κ1) is 19.4. The molecule has 0 amide bonds. The molecule has 0 spiro atoms. The molecule has 0 aromatic heterocycles. The number of allylic oxidation sites excluding steroid dienone is 3. The number of aldehydes is 1. The number of hydrogen-bond donors (Lipinski definition) is 0. The van der Waals surface area contributed by atoms with Crippen molar-refractivity contribution in [1.82, 2.24) is 0 Å². The van der Waals surface area contributed by atoms with Gasteiger partial charge in [-0.2, -0.15) is 0 Å². The van der Waals surface area contributed by atoms with Crippen molar-refractivity contribution in [3.05, 3.63) is 83.3 Å². The molecule has 0 bridgehead atoms. The molecule has 1 nitrogen and oxygen atoms in total. The SMILES string of the molecule is CC1=C(C)SC(=C(C=O)[C]2[CH][CH][CH][CH]2)S1.[CH]1[CH][CH][CH][CH]1.[Fe+2]. The topological polar surface area (TPSA) is 17.1 Å². The van der Waals surface area contributed by atoms with Gasteiger partial charge in [0.2, 0.25) is 0 Å².